The predicted octanol–water partition coefficient (Wildman–Crippen LogP) is 2.61. The molecule has 1 aromatic heterocycles. The molecule has 1 atom stereocenters. The Morgan fingerprint density at radius 3 is 2.29 bits per heavy atom. The van der Waals surface area contributed by atoms with Gasteiger partial charge < -0.3 is 5.73 Å². The maximum atomic E-state index is 12.3. The van der Waals surface area contributed by atoms with E-state index in [9.17, 15) is 13.2 Å². The zero-order chi connectivity index (χ0) is 12.5. The van der Waals surface area contributed by atoms with Gasteiger partial charge in [-0.1, -0.05) is 41.7 Å². The van der Waals surface area contributed by atoms with Gasteiger partial charge in [-0.2, -0.15) is 13.2 Å². The molecule has 3 nitrogen and oxygen atoms in total. The highest BCUT2D eigenvalue weighted by Gasteiger charge is 2.36. The Morgan fingerprint density at radius 1 is 1.12 bits per heavy atom. The first-order valence-corrected chi connectivity index (χ1v) is 5.51. The summed E-state index contributed by atoms with van der Waals surface area (Å²) in [7, 11) is 0. The monoisotopic (exact) mass is 259 g/mol. The molecule has 2 N–H and O–H groups in total. The van der Waals surface area contributed by atoms with E-state index in [1.54, 1.807) is 30.3 Å². The highest BCUT2D eigenvalue weighted by Crippen LogP contribution is 2.33. The van der Waals surface area contributed by atoms with Crippen LogP contribution < -0.4 is 5.73 Å². The number of nitrogens with two attached hydrogens (primary N) is 1. The van der Waals surface area contributed by atoms with Gasteiger partial charge >= 0.3 is 6.18 Å². The molecule has 0 aliphatic rings. The standard InChI is InChI=1S/C10H8F3N3S/c11-10(12,13)9-16-15-8(17-9)7(14)6-4-2-1-3-5-6/h1-5,7H,14H2. The van der Waals surface area contributed by atoms with Crippen LogP contribution in [-0.4, -0.2) is 10.2 Å². The van der Waals surface area contributed by atoms with Crippen LogP contribution in [0.4, 0.5) is 13.2 Å². The summed E-state index contributed by atoms with van der Waals surface area (Å²) in [5.74, 6) is 0. The topological polar surface area (TPSA) is 51.8 Å². The van der Waals surface area contributed by atoms with Crippen LogP contribution in [0.15, 0.2) is 30.3 Å². The Kier molecular flexibility index (Phi) is 3.12. The smallest absolute Gasteiger partial charge is 0.318 e. The van der Waals surface area contributed by atoms with E-state index in [4.69, 9.17) is 5.73 Å². The van der Waals surface area contributed by atoms with Gasteiger partial charge in [0.25, 0.3) is 0 Å². The first-order chi connectivity index (χ1) is 7.98. The third kappa shape index (κ3) is 2.62. The molecule has 90 valence electrons. The Labute approximate surface area is 99.1 Å². The van der Waals surface area contributed by atoms with Crippen LogP contribution in [0.5, 0.6) is 0 Å². The first-order valence-electron chi connectivity index (χ1n) is 4.69. The Hall–Kier alpha value is -1.47. The summed E-state index contributed by atoms with van der Waals surface area (Å²) in [6, 6.07) is 8.13. The van der Waals surface area contributed by atoms with E-state index in [0.717, 1.165) is 0 Å². The van der Waals surface area contributed by atoms with Crippen molar-refractivity contribution in [2.24, 2.45) is 5.73 Å². The van der Waals surface area contributed by atoms with Crippen molar-refractivity contribution in [3.05, 3.63) is 45.9 Å². The predicted molar refractivity (Wildman–Crippen MR) is 57.4 cm³/mol. The van der Waals surface area contributed by atoms with Crippen molar-refractivity contribution in [3.8, 4) is 0 Å². The van der Waals surface area contributed by atoms with E-state index in [2.05, 4.69) is 10.2 Å². The Bertz CT molecular complexity index is 495. The van der Waals surface area contributed by atoms with Crippen molar-refractivity contribution >= 4 is 11.3 Å². The number of alkyl halides is 3. The number of rotatable bonds is 2. The SMILES string of the molecule is NC(c1ccccc1)c1nnc(C(F)(F)F)s1. The second-order valence-corrected chi connectivity index (χ2v) is 4.34. The summed E-state index contributed by atoms with van der Waals surface area (Å²) in [5, 5.41) is 5.76. The zero-order valence-electron chi connectivity index (χ0n) is 8.48. The summed E-state index contributed by atoms with van der Waals surface area (Å²) in [4.78, 5) is 0. The maximum absolute atomic E-state index is 12.3. The second-order valence-electron chi connectivity index (χ2n) is 3.33. The van der Waals surface area contributed by atoms with E-state index >= 15 is 0 Å². The lowest BCUT2D eigenvalue weighted by atomic mass is 10.1. The molecule has 0 saturated carbocycles. The van der Waals surface area contributed by atoms with Crippen LogP contribution >= 0.6 is 11.3 Å². The van der Waals surface area contributed by atoms with Gasteiger partial charge in [-0.15, -0.1) is 10.2 Å². The van der Waals surface area contributed by atoms with Gasteiger partial charge in [-0.25, -0.2) is 0 Å². The third-order valence-electron chi connectivity index (χ3n) is 2.11. The van der Waals surface area contributed by atoms with E-state index in [-0.39, 0.29) is 5.01 Å². The largest absolute Gasteiger partial charge is 0.445 e. The van der Waals surface area contributed by atoms with Crippen molar-refractivity contribution in [1.29, 1.82) is 0 Å². The molecule has 0 saturated heterocycles. The van der Waals surface area contributed by atoms with Crippen molar-refractivity contribution in [1.82, 2.24) is 10.2 Å². The average molecular weight is 259 g/mol. The fourth-order valence-electron chi connectivity index (χ4n) is 1.28. The van der Waals surface area contributed by atoms with E-state index in [1.807, 2.05) is 0 Å². The first kappa shape index (κ1) is 12.0. The minimum atomic E-state index is -4.47. The molecule has 0 fully saturated rings. The van der Waals surface area contributed by atoms with Crippen molar-refractivity contribution in [2.75, 3.05) is 0 Å². The molecule has 0 bridgehead atoms. The normalized spacial score (nSPS) is 13.6. The number of nitrogens with zero attached hydrogens (tertiary/aromatic N) is 2. The number of aromatic nitrogens is 2. The minimum Gasteiger partial charge on any atom is -0.318 e. The molecule has 0 aliphatic carbocycles. The molecular formula is C10H8F3N3S. The van der Waals surface area contributed by atoms with E-state index in [0.29, 0.717) is 16.9 Å². The van der Waals surface area contributed by atoms with Gasteiger partial charge in [0.15, 0.2) is 0 Å². The van der Waals surface area contributed by atoms with Crippen molar-refractivity contribution in [3.63, 3.8) is 0 Å². The molecule has 0 amide bonds. The molecule has 0 aliphatic heterocycles. The van der Waals surface area contributed by atoms with Crippen LogP contribution in [0, 0.1) is 0 Å². The third-order valence-corrected chi connectivity index (χ3v) is 3.16. The van der Waals surface area contributed by atoms with Gasteiger partial charge in [-0.05, 0) is 5.56 Å². The molecule has 2 rings (SSSR count). The van der Waals surface area contributed by atoms with E-state index < -0.39 is 17.2 Å². The molecule has 17 heavy (non-hydrogen) atoms. The highest BCUT2D eigenvalue weighted by molar-refractivity contribution is 7.11. The lowest BCUT2D eigenvalue weighted by Gasteiger charge is -2.07. The summed E-state index contributed by atoms with van der Waals surface area (Å²) < 4.78 is 37.0. The molecule has 1 unspecified atom stereocenters. The molecule has 2 aromatic rings. The lowest BCUT2D eigenvalue weighted by molar-refractivity contribution is -0.138. The molecule has 0 radical (unpaired) electrons. The van der Waals surface area contributed by atoms with Crippen LogP contribution in [-0.2, 0) is 6.18 Å². The Balaban J connectivity index is 2.27. The molecular weight excluding hydrogens is 251 g/mol. The summed E-state index contributed by atoms with van der Waals surface area (Å²) in [6.45, 7) is 0. The quantitative estimate of drug-likeness (QED) is 0.901. The van der Waals surface area contributed by atoms with Gasteiger partial charge in [0.05, 0.1) is 6.04 Å². The minimum absolute atomic E-state index is 0.156. The number of hydrogen-bond donors (Lipinski definition) is 1. The lowest BCUT2D eigenvalue weighted by Crippen LogP contribution is -2.11. The van der Waals surface area contributed by atoms with Gasteiger partial charge in [-0.3, -0.25) is 0 Å². The maximum Gasteiger partial charge on any atom is 0.445 e. The molecule has 1 heterocycles. The zero-order valence-corrected chi connectivity index (χ0v) is 9.29. The van der Waals surface area contributed by atoms with Gasteiger partial charge in [0.1, 0.15) is 5.01 Å². The summed E-state index contributed by atoms with van der Waals surface area (Å²) >= 11 is 0.471. The van der Waals surface area contributed by atoms with Gasteiger partial charge in [0, 0.05) is 0 Å². The van der Waals surface area contributed by atoms with Crippen LogP contribution in [0.1, 0.15) is 21.6 Å². The fourth-order valence-corrected chi connectivity index (χ4v) is 2.02. The van der Waals surface area contributed by atoms with Crippen molar-refractivity contribution in [2.45, 2.75) is 12.2 Å². The van der Waals surface area contributed by atoms with Crippen LogP contribution in [0.3, 0.4) is 0 Å². The second kappa shape index (κ2) is 4.42. The van der Waals surface area contributed by atoms with Crippen LogP contribution in [0.2, 0.25) is 0 Å². The molecule has 1 aromatic carbocycles. The van der Waals surface area contributed by atoms with Crippen molar-refractivity contribution < 1.29 is 13.2 Å². The fraction of sp³-hybridized carbons (Fsp3) is 0.200. The number of halogens is 3. The number of hydrogen-bond acceptors (Lipinski definition) is 4. The van der Waals surface area contributed by atoms with Gasteiger partial charge in [0.2, 0.25) is 5.01 Å². The number of benzene rings is 1. The highest BCUT2D eigenvalue weighted by atomic mass is 32.1. The molecule has 0 spiro atoms. The Morgan fingerprint density at radius 2 is 1.76 bits per heavy atom. The van der Waals surface area contributed by atoms with Crippen LogP contribution in [0.25, 0.3) is 0 Å². The summed E-state index contributed by atoms with van der Waals surface area (Å²) in [6.07, 6.45) is -4.47. The molecule has 7 heteroatoms. The summed E-state index contributed by atoms with van der Waals surface area (Å²) in [5.41, 5.74) is 6.52. The average Bonchev–Trinajstić information content (AvgIpc) is 2.78. The van der Waals surface area contributed by atoms with E-state index in [1.165, 1.54) is 0 Å².